The Balaban J connectivity index is 0.977. The summed E-state index contributed by atoms with van der Waals surface area (Å²) in [6.45, 7) is 0. The molecule has 12 aromatic rings. The molecule has 0 unspecified atom stereocenters. The first-order valence-electron chi connectivity index (χ1n) is 18.9. The number of anilines is 3. The van der Waals surface area contributed by atoms with E-state index in [0.29, 0.717) is 0 Å². The summed E-state index contributed by atoms with van der Waals surface area (Å²) in [4.78, 5) is 2.33. The largest absolute Gasteiger partial charge is 0.456 e. The molecule has 0 atom stereocenters. The fourth-order valence-corrected chi connectivity index (χ4v) is 8.69. The van der Waals surface area contributed by atoms with Gasteiger partial charge in [-0.2, -0.15) is 0 Å². The van der Waals surface area contributed by atoms with Gasteiger partial charge in [0, 0.05) is 54.6 Å². The SMILES string of the molecule is c1ccc(N(c2ccc3oc4cc(-c5cccc6c5oc5cccc(-c7ccc8c(c7)oc7ccccc78)c56)ccc4c3c2)c2cccc3ccccc23)cc1. The van der Waals surface area contributed by atoms with E-state index in [-0.39, 0.29) is 0 Å². The van der Waals surface area contributed by atoms with Crippen LogP contribution >= 0.6 is 0 Å². The van der Waals surface area contributed by atoms with Crippen molar-refractivity contribution < 1.29 is 13.3 Å². The number of para-hydroxylation sites is 3. The fraction of sp³-hybridized carbons (Fsp3) is 0. The van der Waals surface area contributed by atoms with Crippen LogP contribution in [0.15, 0.2) is 201 Å². The summed E-state index contributed by atoms with van der Waals surface area (Å²) in [5.41, 5.74) is 12.7. The summed E-state index contributed by atoms with van der Waals surface area (Å²) in [6, 6.07) is 66.0. The first kappa shape index (κ1) is 30.9. The Morgan fingerprint density at radius 2 is 0.929 bits per heavy atom. The van der Waals surface area contributed by atoms with Crippen molar-refractivity contribution in [3.05, 3.63) is 188 Å². The molecule has 0 N–H and O–H groups in total. The molecule has 0 saturated carbocycles. The molecule has 0 fully saturated rings. The normalized spacial score (nSPS) is 11.9. The Bertz CT molecular complexity index is 3490. The quantitative estimate of drug-likeness (QED) is 0.178. The van der Waals surface area contributed by atoms with Gasteiger partial charge in [-0.25, -0.2) is 0 Å². The van der Waals surface area contributed by atoms with E-state index < -0.39 is 0 Å². The third-order valence-electron chi connectivity index (χ3n) is 11.3. The lowest BCUT2D eigenvalue weighted by atomic mass is 9.96. The van der Waals surface area contributed by atoms with Crippen LogP contribution < -0.4 is 4.90 Å². The number of furan rings is 3. The summed E-state index contributed by atoms with van der Waals surface area (Å²) in [6.07, 6.45) is 0. The lowest BCUT2D eigenvalue weighted by Crippen LogP contribution is -2.10. The van der Waals surface area contributed by atoms with E-state index >= 15 is 0 Å². The molecule has 0 aliphatic carbocycles. The predicted molar refractivity (Wildman–Crippen MR) is 231 cm³/mol. The van der Waals surface area contributed by atoms with Gasteiger partial charge in [-0.1, -0.05) is 115 Å². The van der Waals surface area contributed by atoms with Gasteiger partial charge in [-0.15, -0.1) is 0 Å². The Kier molecular flexibility index (Phi) is 6.60. The van der Waals surface area contributed by atoms with Crippen LogP contribution in [-0.4, -0.2) is 0 Å². The lowest BCUT2D eigenvalue weighted by molar-refractivity contribution is 0.668. The molecule has 262 valence electrons. The van der Waals surface area contributed by atoms with Gasteiger partial charge in [0.1, 0.15) is 33.5 Å². The molecule has 0 spiro atoms. The van der Waals surface area contributed by atoms with Crippen molar-refractivity contribution in [3.8, 4) is 22.3 Å². The van der Waals surface area contributed by atoms with Crippen LogP contribution in [0.1, 0.15) is 0 Å². The highest BCUT2D eigenvalue weighted by atomic mass is 16.3. The van der Waals surface area contributed by atoms with Crippen molar-refractivity contribution in [2.45, 2.75) is 0 Å². The first-order valence-corrected chi connectivity index (χ1v) is 18.9. The van der Waals surface area contributed by atoms with E-state index in [1.54, 1.807) is 0 Å². The highest BCUT2D eigenvalue weighted by molar-refractivity contribution is 6.17. The summed E-state index contributed by atoms with van der Waals surface area (Å²) in [5.74, 6) is 0. The summed E-state index contributed by atoms with van der Waals surface area (Å²) in [7, 11) is 0. The molecule has 56 heavy (non-hydrogen) atoms. The van der Waals surface area contributed by atoms with Gasteiger partial charge >= 0.3 is 0 Å². The first-order chi connectivity index (χ1) is 27.7. The molecule has 0 aliphatic rings. The maximum atomic E-state index is 6.70. The standard InChI is InChI=1S/C52H31NO3/c1-2-13-35(14-3-1)53(45-20-8-12-32-11-4-5-15-37(32)45)36-25-28-47-44(31-36)42-27-24-34(30-50(42)55-47)39-18-9-19-43-51-38(17-10-22-48(51)56-52(39)43)33-23-26-41-40-16-6-7-21-46(40)54-49(41)29-33/h1-31H. The average Bonchev–Trinajstić information content (AvgIpc) is 3.95. The number of nitrogens with zero attached hydrogens (tertiary/aromatic N) is 1. The van der Waals surface area contributed by atoms with Crippen LogP contribution in [0, 0.1) is 0 Å². The zero-order valence-electron chi connectivity index (χ0n) is 30.1. The third-order valence-corrected chi connectivity index (χ3v) is 11.3. The van der Waals surface area contributed by atoms with Crippen LogP contribution in [0.3, 0.4) is 0 Å². The molecule has 0 bridgehead atoms. The van der Waals surface area contributed by atoms with Crippen LogP contribution in [0.4, 0.5) is 17.1 Å². The smallest absolute Gasteiger partial charge is 0.143 e. The second-order valence-electron chi connectivity index (χ2n) is 14.4. The average molecular weight is 718 g/mol. The van der Waals surface area contributed by atoms with Crippen LogP contribution in [0.5, 0.6) is 0 Å². The van der Waals surface area contributed by atoms with Crippen molar-refractivity contribution in [2.24, 2.45) is 0 Å². The zero-order chi connectivity index (χ0) is 36.7. The van der Waals surface area contributed by atoms with Crippen LogP contribution in [0.2, 0.25) is 0 Å². The highest BCUT2D eigenvalue weighted by Crippen LogP contribution is 2.44. The monoisotopic (exact) mass is 717 g/mol. The number of hydrogen-bond acceptors (Lipinski definition) is 4. The van der Waals surface area contributed by atoms with Gasteiger partial charge < -0.3 is 18.2 Å². The molecule has 0 radical (unpaired) electrons. The van der Waals surface area contributed by atoms with Crippen molar-refractivity contribution >= 4 is 93.7 Å². The zero-order valence-corrected chi connectivity index (χ0v) is 30.1. The fourth-order valence-electron chi connectivity index (χ4n) is 8.69. The van der Waals surface area contributed by atoms with Gasteiger partial charge in [0.25, 0.3) is 0 Å². The van der Waals surface area contributed by atoms with Gasteiger partial charge in [-0.3, -0.25) is 0 Å². The lowest BCUT2D eigenvalue weighted by Gasteiger charge is -2.26. The molecule has 0 amide bonds. The van der Waals surface area contributed by atoms with E-state index in [4.69, 9.17) is 13.3 Å². The van der Waals surface area contributed by atoms with Crippen molar-refractivity contribution in [1.29, 1.82) is 0 Å². The highest BCUT2D eigenvalue weighted by Gasteiger charge is 2.20. The van der Waals surface area contributed by atoms with E-state index in [9.17, 15) is 0 Å². The molecule has 4 heteroatoms. The number of benzene rings is 9. The Morgan fingerprint density at radius 1 is 0.321 bits per heavy atom. The van der Waals surface area contributed by atoms with Gasteiger partial charge in [0.15, 0.2) is 0 Å². The minimum Gasteiger partial charge on any atom is -0.456 e. The second kappa shape index (κ2) is 12.0. The van der Waals surface area contributed by atoms with E-state index in [2.05, 4.69) is 181 Å². The third kappa shape index (κ3) is 4.66. The van der Waals surface area contributed by atoms with Crippen molar-refractivity contribution in [1.82, 2.24) is 0 Å². The molecule has 9 aromatic carbocycles. The number of fused-ring (bicyclic) bond motifs is 10. The van der Waals surface area contributed by atoms with Crippen LogP contribution in [0.25, 0.3) is 98.8 Å². The molecule has 12 rings (SSSR count). The Hall–Kier alpha value is -7.56. The summed E-state index contributed by atoms with van der Waals surface area (Å²) >= 11 is 0. The summed E-state index contributed by atoms with van der Waals surface area (Å²) < 4.78 is 19.6. The Morgan fingerprint density at radius 3 is 1.79 bits per heavy atom. The van der Waals surface area contributed by atoms with Gasteiger partial charge in [-0.05, 0) is 94.9 Å². The molecule has 0 aliphatic heterocycles. The van der Waals surface area contributed by atoms with E-state index in [1.807, 2.05) is 12.1 Å². The number of hydrogen-bond donors (Lipinski definition) is 0. The predicted octanol–water partition coefficient (Wildman–Crippen LogP) is 15.3. The minimum atomic E-state index is 0.832. The maximum absolute atomic E-state index is 6.70. The minimum absolute atomic E-state index is 0.832. The summed E-state index contributed by atoms with van der Waals surface area (Å²) in [5, 5.41) is 8.93. The van der Waals surface area contributed by atoms with E-state index in [0.717, 1.165) is 105 Å². The Labute approximate surface area is 321 Å². The van der Waals surface area contributed by atoms with E-state index in [1.165, 1.54) is 10.8 Å². The van der Waals surface area contributed by atoms with Crippen molar-refractivity contribution in [2.75, 3.05) is 4.90 Å². The van der Waals surface area contributed by atoms with Crippen molar-refractivity contribution in [3.63, 3.8) is 0 Å². The molecule has 4 nitrogen and oxygen atoms in total. The molecule has 3 aromatic heterocycles. The second-order valence-corrected chi connectivity index (χ2v) is 14.4. The van der Waals surface area contributed by atoms with Gasteiger partial charge in [0.05, 0.1) is 5.69 Å². The topological polar surface area (TPSA) is 42.7 Å². The molecule has 3 heterocycles. The molecular weight excluding hydrogens is 687 g/mol. The molecule has 0 saturated heterocycles. The van der Waals surface area contributed by atoms with Gasteiger partial charge in [0.2, 0.25) is 0 Å². The maximum Gasteiger partial charge on any atom is 0.143 e. The number of rotatable bonds is 5. The van der Waals surface area contributed by atoms with Crippen LogP contribution in [-0.2, 0) is 0 Å². The molecular formula is C52H31NO3.